The molecule has 5 aromatic carbocycles. The van der Waals surface area contributed by atoms with Gasteiger partial charge in [0.2, 0.25) is 0 Å². The number of nitrogens with zero attached hydrogens (tertiary/aromatic N) is 4. The van der Waals surface area contributed by atoms with E-state index in [-0.39, 0.29) is 0 Å². The van der Waals surface area contributed by atoms with E-state index in [0.29, 0.717) is 17.5 Å². The normalized spacial score (nSPS) is 11.1. The second-order valence-corrected chi connectivity index (χ2v) is 11.8. The van der Waals surface area contributed by atoms with Gasteiger partial charge in [0.15, 0.2) is 17.5 Å². The number of rotatable bonds is 6. The van der Waals surface area contributed by atoms with Gasteiger partial charge in [0.1, 0.15) is 0 Å². The zero-order valence-electron chi connectivity index (χ0n) is 26.6. The van der Waals surface area contributed by atoms with E-state index < -0.39 is 0 Å². The molecular formula is C40H38N4. The monoisotopic (exact) mass is 574 g/mol. The van der Waals surface area contributed by atoms with E-state index in [4.69, 9.17) is 15.0 Å². The molecule has 0 amide bonds. The highest BCUT2D eigenvalue weighted by Crippen LogP contribution is 2.38. The van der Waals surface area contributed by atoms with Gasteiger partial charge in [-0.2, -0.15) is 0 Å². The fourth-order valence-corrected chi connectivity index (χ4v) is 6.47. The minimum absolute atomic E-state index is 0.680. The van der Waals surface area contributed by atoms with Gasteiger partial charge in [-0.15, -0.1) is 0 Å². The summed E-state index contributed by atoms with van der Waals surface area (Å²) in [5.74, 6) is 2.09. The summed E-state index contributed by atoms with van der Waals surface area (Å²) in [6.07, 6.45) is 0. The number of hydrogen-bond donors (Lipinski definition) is 0. The summed E-state index contributed by atoms with van der Waals surface area (Å²) in [4.78, 5) is 17.5. The van der Waals surface area contributed by atoms with Crippen LogP contribution >= 0.6 is 0 Å². The Balaban J connectivity index is 1.51. The molecule has 0 saturated carbocycles. The molecule has 0 aliphatic rings. The maximum absolute atomic E-state index is 5.18. The second kappa shape index (κ2) is 11.9. The molecule has 44 heavy (non-hydrogen) atoms. The van der Waals surface area contributed by atoms with Crippen molar-refractivity contribution in [3.05, 3.63) is 137 Å². The summed E-state index contributed by atoms with van der Waals surface area (Å²) in [5.41, 5.74) is 14.9. The van der Waals surface area contributed by atoms with E-state index in [1.807, 2.05) is 24.3 Å². The van der Waals surface area contributed by atoms with Crippen LogP contribution in [0.4, 0.5) is 11.4 Å². The Labute approximate surface area is 261 Å². The van der Waals surface area contributed by atoms with Crippen molar-refractivity contribution in [1.82, 2.24) is 15.0 Å². The molecule has 1 heterocycles. The molecule has 0 unspecified atom stereocenters. The lowest BCUT2D eigenvalue weighted by atomic mass is 9.89. The SMILES string of the molecule is Cc1cc(C)c(-c2nc(-c3ccccc3)nc(-c3c(C)cc(C)c(-c4ccc(N(C)c5ccccc5)cc4)c3C)n2)c(C)c1. The van der Waals surface area contributed by atoms with Crippen LogP contribution in [0.15, 0.2) is 103 Å². The zero-order chi connectivity index (χ0) is 31.0. The Bertz CT molecular complexity index is 1940. The first kappa shape index (κ1) is 29.0. The topological polar surface area (TPSA) is 41.9 Å². The van der Waals surface area contributed by atoms with Crippen LogP contribution < -0.4 is 4.90 Å². The number of anilines is 2. The summed E-state index contributed by atoms with van der Waals surface area (Å²) in [7, 11) is 2.10. The predicted molar refractivity (Wildman–Crippen MR) is 184 cm³/mol. The first-order chi connectivity index (χ1) is 21.2. The van der Waals surface area contributed by atoms with Gasteiger partial charge in [-0.1, -0.05) is 84.4 Å². The van der Waals surface area contributed by atoms with Gasteiger partial charge in [0, 0.05) is 35.1 Å². The van der Waals surface area contributed by atoms with E-state index in [1.165, 1.54) is 27.8 Å². The third-order valence-corrected chi connectivity index (χ3v) is 8.45. The Morgan fingerprint density at radius 1 is 0.432 bits per heavy atom. The van der Waals surface area contributed by atoms with Crippen molar-refractivity contribution in [2.24, 2.45) is 0 Å². The summed E-state index contributed by atoms with van der Waals surface area (Å²) < 4.78 is 0. The van der Waals surface area contributed by atoms with Gasteiger partial charge < -0.3 is 4.90 Å². The van der Waals surface area contributed by atoms with Crippen LogP contribution in [0.1, 0.15) is 33.4 Å². The summed E-state index contributed by atoms with van der Waals surface area (Å²) >= 11 is 0. The predicted octanol–water partition coefficient (Wildman–Crippen LogP) is 10.2. The molecule has 0 aliphatic carbocycles. The van der Waals surface area contributed by atoms with E-state index in [2.05, 4.69) is 132 Å². The van der Waals surface area contributed by atoms with Gasteiger partial charge in [-0.05, 0) is 105 Å². The lowest BCUT2D eigenvalue weighted by molar-refractivity contribution is 1.06. The number of aryl methyl sites for hydroxylation is 5. The molecule has 1 aromatic heterocycles. The van der Waals surface area contributed by atoms with Crippen molar-refractivity contribution in [3.63, 3.8) is 0 Å². The van der Waals surface area contributed by atoms with Crippen LogP contribution in [0.5, 0.6) is 0 Å². The number of aromatic nitrogens is 3. The lowest BCUT2D eigenvalue weighted by Gasteiger charge is -2.21. The fourth-order valence-electron chi connectivity index (χ4n) is 6.47. The highest BCUT2D eigenvalue weighted by molar-refractivity contribution is 5.82. The highest BCUT2D eigenvalue weighted by atomic mass is 15.1. The van der Waals surface area contributed by atoms with E-state index in [0.717, 1.165) is 44.8 Å². The van der Waals surface area contributed by atoms with Crippen molar-refractivity contribution in [2.45, 2.75) is 41.5 Å². The Kier molecular flexibility index (Phi) is 7.84. The van der Waals surface area contributed by atoms with Crippen LogP contribution in [-0.2, 0) is 0 Å². The summed E-state index contributed by atoms with van der Waals surface area (Å²) in [5, 5.41) is 0. The van der Waals surface area contributed by atoms with E-state index >= 15 is 0 Å². The summed E-state index contributed by atoms with van der Waals surface area (Å²) in [6.45, 7) is 13.0. The number of para-hydroxylation sites is 1. The second-order valence-electron chi connectivity index (χ2n) is 11.8. The third kappa shape index (κ3) is 5.51. The van der Waals surface area contributed by atoms with Crippen molar-refractivity contribution in [3.8, 4) is 45.3 Å². The molecule has 0 atom stereocenters. The largest absolute Gasteiger partial charge is 0.345 e. The Morgan fingerprint density at radius 3 is 1.52 bits per heavy atom. The molecular weight excluding hydrogens is 536 g/mol. The van der Waals surface area contributed by atoms with Crippen molar-refractivity contribution < 1.29 is 0 Å². The average molecular weight is 575 g/mol. The zero-order valence-corrected chi connectivity index (χ0v) is 26.6. The maximum atomic E-state index is 5.18. The summed E-state index contributed by atoms with van der Waals surface area (Å²) in [6, 6.07) is 36.1. The molecule has 0 N–H and O–H groups in total. The van der Waals surface area contributed by atoms with Crippen LogP contribution in [0, 0.1) is 41.5 Å². The molecule has 0 fully saturated rings. The molecule has 4 nitrogen and oxygen atoms in total. The molecule has 6 aromatic rings. The van der Waals surface area contributed by atoms with E-state index in [1.54, 1.807) is 0 Å². The first-order valence-electron chi connectivity index (χ1n) is 15.1. The maximum Gasteiger partial charge on any atom is 0.164 e. The van der Waals surface area contributed by atoms with Crippen LogP contribution in [-0.4, -0.2) is 22.0 Å². The van der Waals surface area contributed by atoms with Gasteiger partial charge in [0.05, 0.1) is 0 Å². The Hall–Kier alpha value is -5.09. The Morgan fingerprint density at radius 2 is 0.909 bits per heavy atom. The van der Waals surface area contributed by atoms with Crippen molar-refractivity contribution >= 4 is 11.4 Å². The molecule has 0 spiro atoms. The molecule has 6 rings (SSSR count). The van der Waals surface area contributed by atoms with Crippen LogP contribution in [0.25, 0.3) is 45.3 Å². The standard InChI is InChI=1S/C40H38N4/c1-25-22-26(2)35(27(3)23-25)39-41-38(32-14-10-8-11-15-32)42-40(43-39)37-29(5)24-28(4)36(30(37)6)31-18-20-34(21-19-31)44(7)33-16-12-9-13-17-33/h8-24H,1-7H3. The number of hydrogen-bond acceptors (Lipinski definition) is 4. The molecule has 0 radical (unpaired) electrons. The van der Waals surface area contributed by atoms with Crippen molar-refractivity contribution in [2.75, 3.05) is 11.9 Å². The lowest BCUT2D eigenvalue weighted by Crippen LogP contribution is -2.09. The van der Waals surface area contributed by atoms with Crippen molar-refractivity contribution in [1.29, 1.82) is 0 Å². The molecule has 4 heteroatoms. The van der Waals surface area contributed by atoms with Gasteiger partial charge >= 0.3 is 0 Å². The number of benzene rings is 5. The van der Waals surface area contributed by atoms with Gasteiger partial charge in [-0.25, -0.2) is 15.0 Å². The van der Waals surface area contributed by atoms with Gasteiger partial charge in [0.25, 0.3) is 0 Å². The highest BCUT2D eigenvalue weighted by Gasteiger charge is 2.21. The molecule has 0 aliphatic heterocycles. The van der Waals surface area contributed by atoms with Gasteiger partial charge in [-0.3, -0.25) is 0 Å². The van der Waals surface area contributed by atoms with Crippen LogP contribution in [0.2, 0.25) is 0 Å². The fraction of sp³-hybridized carbons (Fsp3) is 0.175. The molecule has 0 bridgehead atoms. The average Bonchev–Trinajstić information content (AvgIpc) is 3.01. The molecule has 0 saturated heterocycles. The smallest absolute Gasteiger partial charge is 0.164 e. The van der Waals surface area contributed by atoms with Crippen LogP contribution in [0.3, 0.4) is 0 Å². The quantitative estimate of drug-likeness (QED) is 0.198. The third-order valence-electron chi connectivity index (χ3n) is 8.45. The molecule has 218 valence electrons. The first-order valence-corrected chi connectivity index (χ1v) is 15.1. The van der Waals surface area contributed by atoms with E-state index in [9.17, 15) is 0 Å². The minimum atomic E-state index is 0.680. The minimum Gasteiger partial charge on any atom is -0.345 e.